The molecule has 0 radical (unpaired) electrons. The summed E-state index contributed by atoms with van der Waals surface area (Å²) in [5.41, 5.74) is 0.139. The Kier molecular flexibility index (Phi) is 4.21. The van der Waals surface area contributed by atoms with E-state index in [1.165, 1.54) is 32.1 Å². The lowest BCUT2D eigenvalue weighted by molar-refractivity contribution is 0.275. The van der Waals surface area contributed by atoms with Crippen molar-refractivity contribution < 1.29 is 17.9 Å². The van der Waals surface area contributed by atoms with Gasteiger partial charge in [-0.25, -0.2) is 17.8 Å². The van der Waals surface area contributed by atoms with Crippen molar-refractivity contribution in [2.24, 2.45) is 0 Å². The van der Waals surface area contributed by atoms with Gasteiger partial charge in [-0.05, 0) is 24.6 Å². The van der Waals surface area contributed by atoms with Crippen molar-refractivity contribution in [1.29, 1.82) is 0 Å². The number of nitrogens with one attached hydrogen (secondary N) is 1. The Balaban J connectivity index is 3.29. The summed E-state index contributed by atoms with van der Waals surface area (Å²) in [6.45, 7) is 0.904. The summed E-state index contributed by atoms with van der Waals surface area (Å²) in [4.78, 5) is 2.16. The van der Waals surface area contributed by atoms with Crippen LogP contribution in [0, 0.1) is 12.7 Å². The minimum Gasteiger partial charge on any atom is -0.392 e. The van der Waals surface area contributed by atoms with E-state index in [0.717, 1.165) is 6.07 Å². The van der Waals surface area contributed by atoms with E-state index in [0.29, 0.717) is 0 Å². The highest BCUT2D eigenvalue weighted by Crippen LogP contribution is 2.19. The van der Waals surface area contributed by atoms with Crippen molar-refractivity contribution in [1.82, 2.24) is 9.84 Å². The fourth-order valence-corrected chi connectivity index (χ4v) is 2.59. The normalized spacial score (nSPS) is 12.1. The second-order valence-electron chi connectivity index (χ2n) is 3.86. The largest absolute Gasteiger partial charge is 0.392 e. The molecule has 0 spiro atoms. The van der Waals surface area contributed by atoms with Gasteiger partial charge in [0.15, 0.2) is 0 Å². The molecule has 0 aromatic heterocycles. The van der Waals surface area contributed by atoms with E-state index in [2.05, 4.69) is 4.83 Å². The topological polar surface area (TPSA) is 69.6 Å². The molecule has 0 saturated carbocycles. The number of aryl methyl sites for hydroxylation is 1. The SMILES string of the molecule is Cc1cc(S(=O)(=O)NN(C)C)cc(CO)c1F. The molecule has 5 nitrogen and oxygen atoms in total. The minimum absolute atomic E-state index is 0.0378. The molecule has 0 bridgehead atoms. The zero-order chi connectivity index (χ0) is 13.2. The van der Waals surface area contributed by atoms with Crippen LogP contribution in [-0.2, 0) is 16.6 Å². The molecule has 0 fully saturated rings. The molecule has 1 aromatic carbocycles. The van der Waals surface area contributed by atoms with Crippen LogP contribution in [0.4, 0.5) is 4.39 Å². The highest BCUT2D eigenvalue weighted by atomic mass is 32.2. The summed E-state index contributed by atoms with van der Waals surface area (Å²) in [5.74, 6) is -0.587. The van der Waals surface area contributed by atoms with Crippen molar-refractivity contribution in [3.63, 3.8) is 0 Å². The third kappa shape index (κ3) is 3.22. The second-order valence-corrected chi connectivity index (χ2v) is 5.52. The Morgan fingerprint density at radius 3 is 2.47 bits per heavy atom. The zero-order valence-corrected chi connectivity index (χ0v) is 10.7. The van der Waals surface area contributed by atoms with Crippen LogP contribution in [-0.4, -0.2) is 32.6 Å². The molecule has 7 heteroatoms. The summed E-state index contributed by atoms with van der Waals surface area (Å²) < 4.78 is 37.1. The van der Waals surface area contributed by atoms with Crippen LogP contribution in [0.3, 0.4) is 0 Å². The van der Waals surface area contributed by atoms with E-state index in [9.17, 15) is 12.8 Å². The maximum Gasteiger partial charge on any atom is 0.253 e. The molecule has 17 heavy (non-hydrogen) atoms. The number of rotatable bonds is 4. The second kappa shape index (κ2) is 5.09. The molecule has 0 aliphatic carbocycles. The lowest BCUT2D eigenvalue weighted by Gasteiger charge is -2.14. The Hall–Kier alpha value is -1.02. The molecular weight excluding hydrogens is 247 g/mol. The first kappa shape index (κ1) is 14.0. The van der Waals surface area contributed by atoms with Crippen molar-refractivity contribution >= 4 is 10.0 Å². The molecule has 0 atom stereocenters. The van der Waals surface area contributed by atoms with E-state index in [1.807, 2.05) is 0 Å². The maximum absolute atomic E-state index is 13.4. The number of hydrazine groups is 1. The maximum atomic E-state index is 13.4. The minimum atomic E-state index is -3.73. The number of hydrogen-bond acceptors (Lipinski definition) is 4. The van der Waals surface area contributed by atoms with Gasteiger partial charge in [0, 0.05) is 19.7 Å². The highest BCUT2D eigenvalue weighted by Gasteiger charge is 2.18. The monoisotopic (exact) mass is 262 g/mol. The van der Waals surface area contributed by atoms with Gasteiger partial charge in [0.2, 0.25) is 0 Å². The van der Waals surface area contributed by atoms with Gasteiger partial charge in [-0.15, -0.1) is 4.83 Å². The van der Waals surface area contributed by atoms with E-state index in [4.69, 9.17) is 5.11 Å². The van der Waals surface area contributed by atoms with Crippen LogP contribution in [0.15, 0.2) is 17.0 Å². The van der Waals surface area contributed by atoms with Crippen LogP contribution in [0.1, 0.15) is 11.1 Å². The van der Waals surface area contributed by atoms with Gasteiger partial charge in [0.1, 0.15) is 5.82 Å². The standard InChI is InChI=1S/C10H15FN2O3S/c1-7-4-9(5-8(6-14)10(7)11)17(15,16)12-13(2)3/h4-5,12,14H,6H2,1-3H3. The summed E-state index contributed by atoms with van der Waals surface area (Å²) in [7, 11) is -0.676. The number of aliphatic hydroxyl groups is 1. The van der Waals surface area contributed by atoms with Crippen LogP contribution < -0.4 is 4.83 Å². The molecule has 0 amide bonds. The number of aliphatic hydroxyl groups excluding tert-OH is 1. The Labute approximate surface area is 99.9 Å². The van der Waals surface area contributed by atoms with Crippen LogP contribution >= 0.6 is 0 Å². The fourth-order valence-electron chi connectivity index (χ4n) is 1.37. The predicted octanol–water partition coefficient (Wildman–Crippen LogP) is 0.381. The molecule has 0 aliphatic rings. The van der Waals surface area contributed by atoms with Gasteiger partial charge in [0.25, 0.3) is 10.0 Å². The summed E-state index contributed by atoms with van der Waals surface area (Å²) in [6, 6.07) is 2.34. The lowest BCUT2D eigenvalue weighted by atomic mass is 10.1. The smallest absolute Gasteiger partial charge is 0.253 e. The molecule has 0 heterocycles. The molecule has 2 N–H and O–H groups in total. The third-order valence-corrected chi connectivity index (χ3v) is 3.55. The summed E-state index contributed by atoms with van der Waals surface area (Å²) >= 11 is 0. The molecule has 1 rings (SSSR count). The van der Waals surface area contributed by atoms with Crippen LogP contribution in [0.5, 0.6) is 0 Å². The lowest BCUT2D eigenvalue weighted by Crippen LogP contribution is -2.36. The average molecular weight is 262 g/mol. The van der Waals surface area contributed by atoms with Crippen molar-refractivity contribution in [2.75, 3.05) is 14.1 Å². The number of hydrogen-bond donors (Lipinski definition) is 2. The van der Waals surface area contributed by atoms with Gasteiger partial charge in [-0.1, -0.05) is 0 Å². The number of nitrogens with zero attached hydrogens (tertiary/aromatic N) is 1. The van der Waals surface area contributed by atoms with Gasteiger partial charge < -0.3 is 5.11 Å². The molecule has 0 unspecified atom stereocenters. The predicted molar refractivity (Wildman–Crippen MR) is 61.1 cm³/mol. The van der Waals surface area contributed by atoms with E-state index >= 15 is 0 Å². The number of halogens is 1. The molecular formula is C10H15FN2O3S. The average Bonchev–Trinajstić information content (AvgIpc) is 2.19. The van der Waals surface area contributed by atoms with E-state index in [1.54, 1.807) is 0 Å². The van der Waals surface area contributed by atoms with Gasteiger partial charge in [-0.2, -0.15) is 0 Å². The fraction of sp³-hybridized carbons (Fsp3) is 0.400. The Bertz CT molecular complexity index is 515. The molecule has 96 valence electrons. The van der Waals surface area contributed by atoms with Crippen molar-refractivity contribution in [3.05, 3.63) is 29.1 Å². The quantitative estimate of drug-likeness (QED) is 0.770. The third-order valence-electron chi connectivity index (χ3n) is 2.09. The zero-order valence-electron chi connectivity index (χ0n) is 9.86. The number of benzene rings is 1. The highest BCUT2D eigenvalue weighted by molar-refractivity contribution is 7.89. The van der Waals surface area contributed by atoms with E-state index < -0.39 is 22.4 Å². The Morgan fingerprint density at radius 2 is 2.00 bits per heavy atom. The first-order valence-corrected chi connectivity index (χ1v) is 6.36. The van der Waals surface area contributed by atoms with E-state index in [-0.39, 0.29) is 16.0 Å². The number of sulfonamides is 1. The molecule has 1 aromatic rings. The summed E-state index contributed by atoms with van der Waals surface area (Å²) in [6.07, 6.45) is 0. The van der Waals surface area contributed by atoms with Gasteiger partial charge >= 0.3 is 0 Å². The molecule has 0 saturated heterocycles. The van der Waals surface area contributed by atoms with Crippen LogP contribution in [0.25, 0.3) is 0 Å². The summed E-state index contributed by atoms with van der Waals surface area (Å²) in [5, 5.41) is 10.2. The van der Waals surface area contributed by atoms with Crippen molar-refractivity contribution in [3.8, 4) is 0 Å². The van der Waals surface area contributed by atoms with Gasteiger partial charge in [0.05, 0.1) is 11.5 Å². The van der Waals surface area contributed by atoms with Crippen molar-refractivity contribution in [2.45, 2.75) is 18.4 Å². The molecule has 0 aliphatic heterocycles. The van der Waals surface area contributed by atoms with Gasteiger partial charge in [-0.3, -0.25) is 0 Å². The Morgan fingerprint density at radius 1 is 1.41 bits per heavy atom. The first-order chi connectivity index (χ1) is 7.77. The first-order valence-electron chi connectivity index (χ1n) is 4.87. The van der Waals surface area contributed by atoms with Crippen LogP contribution in [0.2, 0.25) is 0 Å².